The van der Waals surface area contributed by atoms with Gasteiger partial charge in [-0.15, -0.1) is 0 Å². The average Bonchev–Trinajstić information content (AvgIpc) is 3.22. The number of aryl methyl sites for hydroxylation is 1. The number of fused-ring (bicyclic) bond motifs is 6. The fraction of sp³-hybridized carbons (Fsp3) is 0.630. The lowest BCUT2D eigenvalue weighted by atomic mass is 9.45. The van der Waals surface area contributed by atoms with Gasteiger partial charge in [0, 0.05) is 30.0 Å². The number of carbonyl (C=O) groups is 1. The van der Waals surface area contributed by atoms with Gasteiger partial charge in [0.2, 0.25) is 0 Å². The number of aromatic nitrogens is 2. The van der Waals surface area contributed by atoms with E-state index in [9.17, 15) is 9.18 Å². The summed E-state index contributed by atoms with van der Waals surface area (Å²) in [5.41, 5.74) is 5.06. The molecule has 0 amide bonds. The zero-order chi connectivity index (χ0) is 21.5. The Morgan fingerprint density at radius 1 is 1.06 bits per heavy atom. The van der Waals surface area contributed by atoms with Crippen molar-refractivity contribution in [1.29, 1.82) is 0 Å². The van der Waals surface area contributed by atoms with Gasteiger partial charge in [0.05, 0.1) is 11.4 Å². The molecule has 3 nitrogen and oxygen atoms in total. The number of rotatable bonds is 1. The van der Waals surface area contributed by atoms with Gasteiger partial charge in [0.15, 0.2) is 0 Å². The minimum Gasteiger partial charge on any atom is -0.299 e. The number of Topliss-reactive ketones (excluding diaryl/α,β-unsaturated/α-hetero) is 1. The molecule has 4 aliphatic rings. The Balaban J connectivity index is 1.39. The standard InChI is InChI=1S/C27H33FN2O/c1-26-13-12-22-19(21(26)10-11-24(26)31)9-6-17-14-23-20(15-27(17,22)2)25(30(3)29-23)16-4-7-18(28)8-5-16/h4-5,7-8,17,19,21-22H,6,9-15H2,1-3H3/t17-,19-,21-,22-,26-,27-/m0/s1. The third-order valence-electron chi connectivity index (χ3n) is 10.1. The Kier molecular flexibility index (Phi) is 4.14. The number of halogens is 1. The fourth-order valence-electron chi connectivity index (χ4n) is 8.47. The average molecular weight is 421 g/mol. The third kappa shape index (κ3) is 2.63. The highest BCUT2D eigenvalue weighted by Gasteiger charge is 2.60. The highest BCUT2D eigenvalue weighted by atomic mass is 19.1. The summed E-state index contributed by atoms with van der Waals surface area (Å²) in [7, 11) is 2.03. The van der Waals surface area contributed by atoms with Crippen LogP contribution < -0.4 is 0 Å². The van der Waals surface area contributed by atoms with Crippen LogP contribution in [-0.2, 0) is 24.7 Å². The molecule has 31 heavy (non-hydrogen) atoms. The summed E-state index contributed by atoms with van der Waals surface area (Å²) >= 11 is 0. The van der Waals surface area contributed by atoms with E-state index in [1.54, 1.807) is 12.1 Å². The number of nitrogens with zero attached hydrogens (tertiary/aromatic N) is 2. The molecule has 1 aromatic carbocycles. The van der Waals surface area contributed by atoms with E-state index in [0.29, 0.717) is 29.5 Å². The van der Waals surface area contributed by atoms with Gasteiger partial charge in [-0.2, -0.15) is 5.10 Å². The minimum atomic E-state index is -0.196. The molecule has 0 saturated heterocycles. The quantitative estimate of drug-likeness (QED) is 0.588. The van der Waals surface area contributed by atoms with Gasteiger partial charge in [-0.3, -0.25) is 9.48 Å². The molecule has 6 rings (SSSR count). The van der Waals surface area contributed by atoms with Crippen molar-refractivity contribution < 1.29 is 9.18 Å². The van der Waals surface area contributed by atoms with Gasteiger partial charge in [-0.1, -0.05) is 13.8 Å². The normalized spacial score (nSPS) is 38.9. The van der Waals surface area contributed by atoms with Crippen molar-refractivity contribution in [2.45, 2.75) is 65.2 Å². The monoisotopic (exact) mass is 420 g/mol. The summed E-state index contributed by atoms with van der Waals surface area (Å²) in [4.78, 5) is 12.7. The Hall–Kier alpha value is -1.97. The van der Waals surface area contributed by atoms with E-state index in [2.05, 4.69) is 13.8 Å². The molecule has 3 saturated carbocycles. The maximum absolute atomic E-state index is 13.6. The molecule has 3 fully saturated rings. The molecule has 6 atom stereocenters. The predicted molar refractivity (Wildman–Crippen MR) is 119 cm³/mol. The minimum absolute atomic E-state index is 0.0578. The molecule has 1 aromatic heterocycles. The van der Waals surface area contributed by atoms with E-state index in [4.69, 9.17) is 5.10 Å². The summed E-state index contributed by atoms with van der Waals surface area (Å²) in [6.07, 6.45) is 8.84. The van der Waals surface area contributed by atoms with Crippen molar-refractivity contribution in [3.63, 3.8) is 0 Å². The second kappa shape index (κ2) is 6.52. The molecule has 0 radical (unpaired) electrons. The Morgan fingerprint density at radius 3 is 2.61 bits per heavy atom. The molecule has 0 unspecified atom stereocenters. The largest absolute Gasteiger partial charge is 0.299 e. The van der Waals surface area contributed by atoms with Gasteiger partial charge in [0.1, 0.15) is 11.6 Å². The van der Waals surface area contributed by atoms with Crippen LogP contribution in [-0.4, -0.2) is 15.6 Å². The van der Waals surface area contributed by atoms with Crippen molar-refractivity contribution >= 4 is 5.78 Å². The Labute approximate surface area is 184 Å². The van der Waals surface area contributed by atoms with Crippen LogP contribution in [0.25, 0.3) is 11.3 Å². The zero-order valence-electron chi connectivity index (χ0n) is 19.0. The summed E-state index contributed by atoms with van der Waals surface area (Å²) in [6.45, 7) is 4.81. The highest BCUT2D eigenvalue weighted by Crippen LogP contribution is 2.65. The molecule has 1 heterocycles. The first-order valence-electron chi connectivity index (χ1n) is 12.2. The number of benzene rings is 1. The molecule has 0 spiro atoms. The summed E-state index contributed by atoms with van der Waals surface area (Å²) in [5, 5.41) is 4.93. The van der Waals surface area contributed by atoms with Crippen LogP contribution in [0.2, 0.25) is 0 Å². The van der Waals surface area contributed by atoms with E-state index in [0.717, 1.165) is 43.4 Å². The smallest absolute Gasteiger partial charge is 0.139 e. The van der Waals surface area contributed by atoms with Gasteiger partial charge < -0.3 is 0 Å². The number of carbonyl (C=O) groups excluding carboxylic acids is 1. The Morgan fingerprint density at radius 2 is 1.84 bits per heavy atom. The van der Waals surface area contributed by atoms with Crippen molar-refractivity contribution in [3.8, 4) is 11.3 Å². The molecular formula is C27H33FN2O. The first kappa shape index (κ1) is 19.7. The van der Waals surface area contributed by atoms with E-state index in [1.165, 1.54) is 30.5 Å². The van der Waals surface area contributed by atoms with Crippen LogP contribution >= 0.6 is 0 Å². The van der Waals surface area contributed by atoms with Gasteiger partial charge in [-0.25, -0.2) is 4.39 Å². The van der Waals surface area contributed by atoms with Crippen molar-refractivity contribution in [1.82, 2.24) is 9.78 Å². The zero-order valence-corrected chi connectivity index (χ0v) is 19.0. The SMILES string of the molecule is Cn1nc2c(c1-c1ccc(F)cc1)C[C@@]1(C)[C@@H](CC[C@@H]3[C@@H]1CC[C@]1(C)C(=O)CC[C@@H]31)C2. The summed E-state index contributed by atoms with van der Waals surface area (Å²) in [5.74, 6) is 2.99. The second-order valence-corrected chi connectivity index (χ2v) is 11.4. The van der Waals surface area contributed by atoms with E-state index < -0.39 is 0 Å². The lowest BCUT2D eigenvalue weighted by molar-refractivity contribution is -0.136. The van der Waals surface area contributed by atoms with Gasteiger partial charge in [0.25, 0.3) is 0 Å². The lowest BCUT2D eigenvalue weighted by Gasteiger charge is -2.59. The second-order valence-electron chi connectivity index (χ2n) is 11.4. The summed E-state index contributed by atoms with van der Waals surface area (Å²) < 4.78 is 15.6. The lowest BCUT2D eigenvalue weighted by Crippen LogP contribution is -2.54. The molecule has 2 aromatic rings. The topological polar surface area (TPSA) is 34.9 Å². The van der Waals surface area contributed by atoms with Crippen LogP contribution in [0.1, 0.15) is 63.6 Å². The van der Waals surface area contributed by atoms with E-state index >= 15 is 0 Å². The van der Waals surface area contributed by atoms with Crippen molar-refractivity contribution in [3.05, 3.63) is 41.3 Å². The highest BCUT2D eigenvalue weighted by molar-refractivity contribution is 5.87. The van der Waals surface area contributed by atoms with Crippen molar-refractivity contribution in [2.24, 2.45) is 41.5 Å². The fourth-order valence-corrected chi connectivity index (χ4v) is 8.47. The first-order chi connectivity index (χ1) is 14.8. The molecule has 164 valence electrons. The molecule has 0 bridgehead atoms. The van der Waals surface area contributed by atoms with Crippen LogP contribution in [0.4, 0.5) is 4.39 Å². The molecule has 4 heteroatoms. The van der Waals surface area contributed by atoms with Crippen LogP contribution in [0.5, 0.6) is 0 Å². The number of ketones is 1. The molecule has 0 N–H and O–H groups in total. The molecular weight excluding hydrogens is 387 g/mol. The molecule has 0 aliphatic heterocycles. The maximum Gasteiger partial charge on any atom is 0.139 e. The first-order valence-corrected chi connectivity index (χ1v) is 12.2. The maximum atomic E-state index is 13.6. The van der Waals surface area contributed by atoms with Gasteiger partial charge >= 0.3 is 0 Å². The predicted octanol–water partition coefficient (Wildman–Crippen LogP) is 5.75. The van der Waals surface area contributed by atoms with Crippen LogP contribution in [0.3, 0.4) is 0 Å². The van der Waals surface area contributed by atoms with Crippen LogP contribution in [0.15, 0.2) is 24.3 Å². The number of hydrogen-bond donors (Lipinski definition) is 0. The van der Waals surface area contributed by atoms with Crippen molar-refractivity contribution in [2.75, 3.05) is 0 Å². The van der Waals surface area contributed by atoms with E-state index in [-0.39, 0.29) is 16.6 Å². The number of hydrogen-bond acceptors (Lipinski definition) is 2. The third-order valence-corrected chi connectivity index (χ3v) is 10.1. The Bertz CT molecular complexity index is 1060. The van der Waals surface area contributed by atoms with Crippen LogP contribution in [0, 0.1) is 40.3 Å². The van der Waals surface area contributed by atoms with E-state index in [1.807, 2.05) is 23.9 Å². The summed E-state index contributed by atoms with van der Waals surface area (Å²) in [6, 6.07) is 6.89. The molecule has 4 aliphatic carbocycles. The van der Waals surface area contributed by atoms with Gasteiger partial charge in [-0.05, 0) is 98.3 Å².